The molecule has 0 bridgehead atoms. The number of benzene rings is 2. The Labute approximate surface area is 123 Å². The minimum atomic E-state index is -1.02. The van der Waals surface area contributed by atoms with Gasteiger partial charge in [-0.2, -0.15) is 0 Å². The second-order valence-corrected chi connectivity index (χ2v) is 4.48. The number of aliphatic carboxylic acids is 1. The highest BCUT2D eigenvalue weighted by Crippen LogP contribution is 2.22. The van der Waals surface area contributed by atoms with Gasteiger partial charge in [-0.3, -0.25) is 0 Å². The van der Waals surface area contributed by atoms with Gasteiger partial charge in [-0.05, 0) is 30.2 Å². The van der Waals surface area contributed by atoms with Crippen molar-refractivity contribution in [1.29, 1.82) is 0 Å². The smallest absolute Gasteiger partial charge is 0.336 e. The van der Waals surface area contributed by atoms with Gasteiger partial charge in [0.25, 0.3) is 0 Å². The molecule has 0 aliphatic heterocycles. The van der Waals surface area contributed by atoms with Crippen LogP contribution in [0.2, 0.25) is 0 Å². The highest BCUT2D eigenvalue weighted by molar-refractivity contribution is 5.72. The predicted molar refractivity (Wildman–Crippen MR) is 80.4 cm³/mol. The van der Waals surface area contributed by atoms with Gasteiger partial charge in [0.2, 0.25) is 0 Å². The summed E-state index contributed by atoms with van der Waals surface area (Å²) in [6, 6.07) is 17.6. The SMILES string of the molecule is CCOC(COc1ccc(-c2ccccc2)cc1)C(=O)O. The molecule has 0 spiro atoms. The summed E-state index contributed by atoms with van der Waals surface area (Å²) >= 11 is 0. The zero-order valence-electron chi connectivity index (χ0n) is 11.9. The fourth-order valence-electron chi connectivity index (χ4n) is 1.94. The first-order chi connectivity index (χ1) is 10.2. The number of hydrogen-bond donors (Lipinski definition) is 1. The van der Waals surface area contributed by atoms with Crippen LogP contribution in [0.4, 0.5) is 0 Å². The number of rotatable bonds is 7. The molecule has 1 atom stereocenters. The largest absolute Gasteiger partial charge is 0.490 e. The van der Waals surface area contributed by atoms with Crippen molar-refractivity contribution in [1.82, 2.24) is 0 Å². The first-order valence-corrected chi connectivity index (χ1v) is 6.83. The standard InChI is InChI=1S/C17H18O4/c1-2-20-16(17(18)19)12-21-15-10-8-14(9-11-15)13-6-4-3-5-7-13/h3-11,16H,2,12H2,1H3,(H,18,19). The Bertz CT molecular complexity index is 563. The number of hydrogen-bond acceptors (Lipinski definition) is 3. The third kappa shape index (κ3) is 4.33. The van der Waals surface area contributed by atoms with Crippen LogP contribution in [-0.2, 0) is 9.53 Å². The molecule has 4 heteroatoms. The number of carboxylic acid groups (broad SMARTS) is 1. The van der Waals surface area contributed by atoms with Crippen LogP contribution < -0.4 is 4.74 Å². The average Bonchev–Trinajstić information content (AvgIpc) is 2.52. The third-order valence-electron chi connectivity index (χ3n) is 3.01. The van der Waals surface area contributed by atoms with Gasteiger partial charge >= 0.3 is 5.97 Å². The van der Waals surface area contributed by atoms with E-state index in [0.29, 0.717) is 12.4 Å². The Morgan fingerprint density at radius 2 is 1.67 bits per heavy atom. The molecular weight excluding hydrogens is 268 g/mol. The fourth-order valence-corrected chi connectivity index (χ4v) is 1.94. The van der Waals surface area contributed by atoms with Gasteiger partial charge in [-0.1, -0.05) is 42.5 Å². The topological polar surface area (TPSA) is 55.8 Å². The van der Waals surface area contributed by atoms with Crippen LogP contribution in [0, 0.1) is 0 Å². The minimum Gasteiger partial charge on any atom is -0.490 e. The highest BCUT2D eigenvalue weighted by atomic mass is 16.5. The van der Waals surface area contributed by atoms with E-state index in [2.05, 4.69) is 0 Å². The van der Waals surface area contributed by atoms with Crippen molar-refractivity contribution in [3.8, 4) is 16.9 Å². The molecule has 0 saturated heterocycles. The van der Waals surface area contributed by atoms with Crippen LogP contribution in [0.25, 0.3) is 11.1 Å². The number of ether oxygens (including phenoxy) is 2. The molecule has 21 heavy (non-hydrogen) atoms. The van der Waals surface area contributed by atoms with E-state index in [1.54, 1.807) is 6.92 Å². The van der Waals surface area contributed by atoms with Gasteiger partial charge in [0.1, 0.15) is 12.4 Å². The zero-order chi connectivity index (χ0) is 15.1. The van der Waals surface area contributed by atoms with Gasteiger partial charge in [-0.25, -0.2) is 4.79 Å². The quantitative estimate of drug-likeness (QED) is 0.849. The van der Waals surface area contributed by atoms with Crippen LogP contribution in [0.1, 0.15) is 6.92 Å². The second kappa shape index (κ2) is 7.45. The summed E-state index contributed by atoms with van der Waals surface area (Å²) in [6.45, 7) is 2.09. The Morgan fingerprint density at radius 1 is 1.05 bits per heavy atom. The van der Waals surface area contributed by atoms with E-state index in [1.807, 2.05) is 54.6 Å². The molecule has 0 aliphatic rings. The highest BCUT2D eigenvalue weighted by Gasteiger charge is 2.18. The lowest BCUT2D eigenvalue weighted by Crippen LogP contribution is -2.30. The van der Waals surface area contributed by atoms with Gasteiger partial charge in [0.05, 0.1) is 0 Å². The molecule has 0 amide bonds. The molecule has 0 aromatic heterocycles. The molecule has 1 N–H and O–H groups in total. The molecule has 0 saturated carbocycles. The molecule has 0 heterocycles. The molecule has 0 fully saturated rings. The summed E-state index contributed by atoms with van der Waals surface area (Å²) in [5.41, 5.74) is 2.21. The predicted octanol–water partition coefficient (Wildman–Crippen LogP) is 3.22. The molecule has 2 aromatic rings. The molecule has 2 aromatic carbocycles. The Morgan fingerprint density at radius 3 is 2.24 bits per heavy atom. The molecule has 0 aliphatic carbocycles. The van der Waals surface area contributed by atoms with Crippen molar-refractivity contribution in [3.63, 3.8) is 0 Å². The first-order valence-electron chi connectivity index (χ1n) is 6.83. The fraction of sp³-hybridized carbons (Fsp3) is 0.235. The second-order valence-electron chi connectivity index (χ2n) is 4.48. The van der Waals surface area contributed by atoms with Crippen LogP contribution in [0.5, 0.6) is 5.75 Å². The Hall–Kier alpha value is -2.33. The van der Waals surface area contributed by atoms with Crippen molar-refractivity contribution >= 4 is 5.97 Å². The summed E-state index contributed by atoms with van der Waals surface area (Å²) in [6.07, 6.45) is -0.941. The maximum absolute atomic E-state index is 10.9. The van der Waals surface area contributed by atoms with E-state index in [-0.39, 0.29) is 6.61 Å². The molecule has 4 nitrogen and oxygen atoms in total. The van der Waals surface area contributed by atoms with Gasteiger partial charge in [0.15, 0.2) is 6.10 Å². The summed E-state index contributed by atoms with van der Waals surface area (Å²) < 4.78 is 10.6. The summed E-state index contributed by atoms with van der Waals surface area (Å²) in [4.78, 5) is 10.9. The first kappa shape index (κ1) is 15.1. The van der Waals surface area contributed by atoms with E-state index in [1.165, 1.54) is 0 Å². The summed E-state index contributed by atoms with van der Waals surface area (Å²) in [5, 5.41) is 8.97. The Kier molecular flexibility index (Phi) is 5.35. The number of carboxylic acids is 1. The Balaban J connectivity index is 1.98. The van der Waals surface area contributed by atoms with Crippen molar-refractivity contribution in [2.75, 3.05) is 13.2 Å². The van der Waals surface area contributed by atoms with Gasteiger partial charge in [0, 0.05) is 6.61 Å². The lowest BCUT2D eigenvalue weighted by atomic mass is 10.1. The third-order valence-corrected chi connectivity index (χ3v) is 3.01. The molecule has 1 unspecified atom stereocenters. The number of carbonyl (C=O) groups is 1. The van der Waals surface area contributed by atoms with Crippen molar-refractivity contribution in [3.05, 3.63) is 54.6 Å². The van der Waals surface area contributed by atoms with E-state index < -0.39 is 12.1 Å². The van der Waals surface area contributed by atoms with Crippen LogP contribution >= 0.6 is 0 Å². The van der Waals surface area contributed by atoms with Crippen molar-refractivity contribution < 1.29 is 19.4 Å². The minimum absolute atomic E-state index is 0.00609. The zero-order valence-corrected chi connectivity index (χ0v) is 11.9. The van der Waals surface area contributed by atoms with E-state index in [4.69, 9.17) is 14.6 Å². The average molecular weight is 286 g/mol. The summed E-state index contributed by atoms with van der Waals surface area (Å²) in [7, 11) is 0. The lowest BCUT2D eigenvalue weighted by molar-refractivity contribution is -0.152. The van der Waals surface area contributed by atoms with Crippen molar-refractivity contribution in [2.45, 2.75) is 13.0 Å². The van der Waals surface area contributed by atoms with Crippen LogP contribution in [0.3, 0.4) is 0 Å². The van der Waals surface area contributed by atoms with Crippen molar-refractivity contribution in [2.24, 2.45) is 0 Å². The van der Waals surface area contributed by atoms with Gasteiger partial charge < -0.3 is 14.6 Å². The van der Waals surface area contributed by atoms with Crippen LogP contribution in [0.15, 0.2) is 54.6 Å². The van der Waals surface area contributed by atoms with E-state index >= 15 is 0 Å². The van der Waals surface area contributed by atoms with E-state index in [0.717, 1.165) is 11.1 Å². The van der Waals surface area contributed by atoms with Crippen LogP contribution in [-0.4, -0.2) is 30.4 Å². The molecule has 2 rings (SSSR count). The maximum Gasteiger partial charge on any atom is 0.336 e. The summed E-state index contributed by atoms with van der Waals surface area (Å²) in [5.74, 6) is -0.390. The monoisotopic (exact) mass is 286 g/mol. The molecule has 0 radical (unpaired) electrons. The van der Waals surface area contributed by atoms with Gasteiger partial charge in [-0.15, -0.1) is 0 Å². The maximum atomic E-state index is 10.9. The molecular formula is C17H18O4. The lowest BCUT2D eigenvalue weighted by Gasteiger charge is -2.13. The normalized spacial score (nSPS) is 11.9. The molecule has 110 valence electrons. The van der Waals surface area contributed by atoms with E-state index in [9.17, 15) is 4.79 Å².